The van der Waals surface area contributed by atoms with Crippen LogP contribution in [0.25, 0.3) is 0 Å². The minimum absolute atomic E-state index is 0.00986. The molecule has 0 spiro atoms. The van der Waals surface area contributed by atoms with E-state index in [0.29, 0.717) is 24.3 Å². The van der Waals surface area contributed by atoms with Crippen molar-refractivity contribution >= 4 is 5.91 Å². The highest BCUT2D eigenvalue weighted by atomic mass is 16.3. The molecule has 4 fully saturated rings. The number of amides is 1. The van der Waals surface area contributed by atoms with Gasteiger partial charge < -0.3 is 16.2 Å². The SMILES string of the molecule is Cc1cc(O)cc(C)c1C[C@H](N)C(=O)NC1C2CC3CC(C2)CC1C3. The molecule has 0 saturated heterocycles. The van der Waals surface area contributed by atoms with Crippen LogP contribution in [0.4, 0.5) is 0 Å². The van der Waals surface area contributed by atoms with Crippen LogP contribution in [0.2, 0.25) is 0 Å². The van der Waals surface area contributed by atoms with Crippen molar-refractivity contribution in [3.05, 3.63) is 28.8 Å². The molecule has 1 atom stereocenters. The third kappa shape index (κ3) is 3.17. The Morgan fingerprint density at radius 2 is 1.64 bits per heavy atom. The Labute approximate surface area is 150 Å². The van der Waals surface area contributed by atoms with Gasteiger partial charge in [-0.2, -0.15) is 0 Å². The topological polar surface area (TPSA) is 75.3 Å². The normalized spacial score (nSPS) is 34.1. The first-order chi connectivity index (χ1) is 11.9. The third-order valence-corrected chi connectivity index (χ3v) is 6.98. The number of carbonyl (C=O) groups is 1. The molecule has 4 N–H and O–H groups in total. The fourth-order valence-electron chi connectivity index (χ4n) is 6.04. The van der Waals surface area contributed by atoms with E-state index in [1.54, 1.807) is 12.1 Å². The molecule has 136 valence electrons. The van der Waals surface area contributed by atoms with Gasteiger partial charge in [0, 0.05) is 6.04 Å². The maximum Gasteiger partial charge on any atom is 0.237 e. The zero-order valence-corrected chi connectivity index (χ0v) is 15.3. The van der Waals surface area contributed by atoms with Gasteiger partial charge in [-0.1, -0.05) is 0 Å². The van der Waals surface area contributed by atoms with Gasteiger partial charge in [-0.15, -0.1) is 0 Å². The van der Waals surface area contributed by atoms with E-state index >= 15 is 0 Å². The smallest absolute Gasteiger partial charge is 0.237 e. The van der Waals surface area contributed by atoms with Gasteiger partial charge in [0.2, 0.25) is 5.91 Å². The van der Waals surface area contributed by atoms with Crippen LogP contribution >= 0.6 is 0 Å². The second kappa shape index (κ2) is 6.31. The van der Waals surface area contributed by atoms with Crippen molar-refractivity contribution < 1.29 is 9.90 Å². The second-order valence-electron chi connectivity index (χ2n) is 8.83. The lowest BCUT2D eigenvalue weighted by atomic mass is 9.54. The quantitative estimate of drug-likeness (QED) is 0.787. The van der Waals surface area contributed by atoms with Gasteiger partial charge in [-0.05, 0) is 105 Å². The van der Waals surface area contributed by atoms with Gasteiger partial charge in [0.15, 0.2) is 0 Å². The molecule has 0 radical (unpaired) electrons. The van der Waals surface area contributed by atoms with E-state index in [2.05, 4.69) is 5.32 Å². The van der Waals surface area contributed by atoms with E-state index in [4.69, 9.17) is 5.73 Å². The summed E-state index contributed by atoms with van der Waals surface area (Å²) in [5, 5.41) is 13.0. The molecule has 5 rings (SSSR count). The number of hydrogen-bond donors (Lipinski definition) is 3. The van der Waals surface area contributed by atoms with Crippen molar-refractivity contribution in [3.63, 3.8) is 0 Å². The number of phenolic OH excluding ortho intramolecular Hbond substituents is 1. The summed E-state index contributed by atoms with van der Waals surface area (Å²) >= 11 is 0. The maximum atomic E-state index is 12.7. The fraction of sp³-hybridized carbons (Fsp3) is 0.667. The molecule has 1 amide bonds. The molecular formula is C21H30N2O2. The Bertz CT molecular complexity index is 633. The largest absolute Gasteiger partial charge is 0.508 e. The van der Waals surface area contributed by atoms with Crippen LogP contribution in [0, 0.1) is 37.5 Å². The number of benzene rings is 1. The summed E-state index contributed by atoms with van der Waals surface area (Å²) in [4.78, 5) is 12.7. The molecule has 1 aromatic rings. The Kier molecular flexibility index (Phi) is 4.27. The van der Waals surface area contributed by atoms with Crippen molar-refractivity contribution in [1.29, 1.82) is 0 Å². The molecular weight excluding hydrogens is 312 g/mol. The average molecular weight is 342 g/mol. The minimum atomic E-state index is -0.529. The van der Waals surface area contributed by atoms with Crippen molar-refractivity contribution in [2.75, 3.05) is 0 Å². The van der Waals surface area contributed by atoms with E-state index in [9.17, 15) is 9.90 Å². The summed E-state index contributed by atoms with van der Waals surface area (Å²) in [6.45, 7) is 3.93. The highest BCUT2D eigenvalue weighted by Gasteiger charge is 2.48. The Morgan fingerprint density at radius 1 is 1.12 bits per heavy atom. The van der Waals surface area contributed by atoms with Gasteiger partial charge in [0.1, 0.15) is 5.75 Å². The first kappa shape index (κ1) is 16.9. The Morgan fingerprint density at radius 3 is 2.16 bits per heavy atom. The predicted octanol–water partition coefficient (Wildman–Crippen LogP) is 2.82. The van der Waals surface area contributed by atoms with Crippen molar-refractivity contribution in [3.8, 4) is 5.75 Å². The van der Waals surface area contributed by atoms with Gasteiger partial charge >= 0.3 is 0 Å². The highest BCUT2D eigenvalue weighted by Crippen LogP contribution is 2.53. The molecule has 0 heterocycles. The molecule has 25 heavy (non-hydrogen) atoms. The van der Waals surface area contributed by atoms with E-state index in [1.807, 2.05) is 13.8 Å². The van der Waals surface area contributed by atoms with Gasteiger partial charge in [0.25, 0.3) is 0 Å². The third-order valence-electron chi connectivity index (χ3n) is 6.98. The number of hydrogen-bond acceptors (Lipinski definition) is 3. The first-order valence-electron chi connectivity index (χ1n) is 9.75. The van der Waals surface area contributed by atoms with E-state index in [0.717, 1.165) is 28.5 Å². The van der Waals surface area contributed by atoms with Crippen LogP contribution in [0.5, 0.6) is 5.75 Å². The minimum Gasteiger partial charge on any atom is -0.508 e. The molecule has 4 aliphatic rings. The second-order valence-corrected chi connectivity index (χ2v) is 8.83. The molecule has 4 heteroatoms. The summed E-state index contributed by atoms with van der Waals surface area (Å²) in [6, 6.07) is 3.29. The lowest BCUT2D eigenvalue weighted by Crippen LogP contribution is -2.58. The zero-order chi connectivity index (χ0) is 17.7. The summed E-state index contributed by atoms with van der Waals surface area (Å²) < 4.78 is 0. The number of rotatable bonds is 4. The predicted molar refractivity (Wildman–Crippen MR) is 98.2 cm³/mol. The summed E-state index contributed by atoms with van der Waals surface area (Å²) in [6.07, 6.45) is 7.13. The lowest BCUT2D eigenvalue weighted by molar-refractivity contribution is -0.126. The van der Waals surface area contributed by atoms with Crippen LogP contribution < -0.4 is 11.1 Å². The number of aryl methyl sites for hydroxylation is 2. The molecule has 4 nitrogen and oxygen atoms in total. The van der Waals surface area contributed by atoms with E-state index in [-0.39, 0.29) is 11.7 Å². The molecule has 1 aromatic carbocycles. The monoisotopic (exact) mass is 342 g/mol. The number of nitrogens with two attached hydrogens (primary N) is 1. The van der Waals surface area contributed by atoms with Gasteiger partial charge in [-0.25, -0.2) is 0 Å². The maximum absolute atomic E-state index is 12.7. The number of carbonyl (C=O) groups excluding carboxylic acids is 1. The molecule has 4 aliphatic carbocycles. The molecule has 4 bridgehead atoms. The molecule has 0 unspecified atom stereocenters. The summed E-state index contributed by atoms with van der Waals surface area (Å²) in [5.74, 6) is 3.42. The van der Waals surface area contributed by atoms with Crippen molar-refractivity contribution in [2.24, 2.45) is 29.4 Å². The van der Waals surface area contributed by atoms with Crippen molar-refractivity contribution in [2.45, 2.75) is 64.5 Å². The fourth-order valence-corrected chi connectivity index (χ4v) is 6.04. The van der Waals surface area contributed by atoms with E-state index in [1.165, 1.54) is 32.1 Å². The van der Waals surface area contributed by atoms with Crippen LogP contribution in [-0.4, -0.2) is 23.1 Å². The summed E-state index contributed by atoms with van der Waals surface area (Å²) in [5.41, 5.74) is 9.32. The Balaban J connectivity index is 1.41. The standard InChI is InChI=1S/C21H30N2O2/c1-11-3-17(24)4-12(2)18(11)10-19(22)21(25)23-20-15-6-13-5-14(8-15)9-16(20)7-13/h3-4,13-16,19-20,24H,5-10,22H2,1-2H3,(H,23,25)/t13?,14?,15?,16?,19-,20?/m0/s1. The average Bonchev–Trinajstić information content (AvgIpc) is 2.53. The lowest BCUT2D eigenvalue weighted by Gasteiger charge is -2.54. The zero-order valence-electron chi connectivity index (χ0n) is 15.3. The van der Waals surface area contributed by atoms with Gasteiger partial charge in [0.05, 0.1) is 6.04 Å². The number of nitrogens with one attached hydrogen (secondary N) is 1. The molecule has 4 saturated carbocycles. The van der Waals surface area contributed by atoms with Crippen LogP contribution in [0.3, 0.4) is 0 Å². The number of phenols is 1. The van der Waals surface area contributed by atoms with Crippen LogP contribution in [0.1, 0.15) is 48.8 Å². The van der Waals surface area contributed by atoms with Crippen molar-refractivity contribution in [1.82, 2.24) is 5.32 Å². The van der Waals surface area contributed by atoms with E-state index < -0.39 is 6.04 Å². The molecule has 0 aromatic heterocycles. The highest BCUT2D eigenvalue weighted by molar-refractivity contribution is 5.82. The van der Waals surface area contributed by atoms with Crippen LogP contribution in [-0.2, 0) is 11.2 Å². The first-order valence-corrected chi connectivity index (χ1v) is 9.75. The summed E-state index contributed by atoms with van der Waals surface area (Å²) in [7, 11) is 0. The Hall–Kier alpha value is -1.55. The molecule has 0 aliphatic heterocycles. The van der Waals surface area contributed by atoms with Crippen LogP contribution in [0.15, 0.2) is 12.1 Å². The number of aromatic hydroxyl groups is 1. The van der Waals surface area contributed by atoms with Gasteiger partial charge in [-0.3, -0.25) is 4.79 Å².